The monoisotopic (exact) mass is 448 g/mol. The number of benzene rings is 4. The average molecular weight is 449 g/mol. The Kier molecular flexibility index (Phi) is 6.01. The lowest BCUT2D eigenvalue weighted by atomic mass is 10.0. The molecule has 1 amide bonds. The van der Waals surface area contributed by atoms with Crippen LogP contribution in [0.1, 0.15) is 32.6 Å². The molecule has 0 fully saturated rings. The summed E-state index contributed by atoms with van der Waals surface area (Å²) in [5, 5.41) is 0.724. The molecule has 0 unspecified atom stereocenters. The number of amides is 1. The zero-order chi connectivity index (χ0) is 22.6. The molecule has 162 valence electrons. The maximum atomic E-state index is 13.7. The van der Waals surface area contributed by atoms with E-state index in [4.69, 9.17) is 4.98 Å². The second-order valence-electron chi connectivity index (χ2n) is 8.15. The molecule has 0 bridgehead atoms. The van der Waals surface area contributed by atoms with Crippen molar-refractivity contribution < 1.29 is 4.79 Å². The van der Waals surface area contributed by atoms with Crippen molar-refractivity contribution in [1.82, 2.24) is 4.98 Å². The molecule has 1 heterocycles. The minimum atomic E-state index is -0.0400. The van der Waals surface area contributed by atoms with E-state index in [9.17, 15) is 4.79 Å². The maximum absolute atomic E-state index is 13.7. The van der Waals surface area contributed by atoms with Gasteiger partial charge in [0.2, 0.25) is 0 Å². The van der Waals surface area contributed by atoms with Gasteiger partial charge in [0.1, 0.15) is 0 Å². The summed E-state index contributed by atoms with van der Waals surface area (Å²) in [5.74, 6) is -0.0400. The van der Waals surface area contributed by atoms with Gasteiger partial charge in [0.25, 0.3) is 5.91 Å². The van der Waals surface area contributed by atoms with E-state index in [1.165, 1.54) is 11.1 Å². The van der Waals surface area contributed by atoms with Gasteiger partial charge in [-0.15, -0.1) is 0 Å². The smallest absolute Gasteiger partial charge is 0.260 e. The fourth-order valence-corrected chi connectivity index (χ4v) is 4.98. The molecule has 5 rings (SSSR count). The zero-order valence-electron chi connectivity index (χ0n) is 18.4. The third-order valence-corrected chi connectivity index (χ3v) is 6.76. The largest absolute Gasteiger partial charge is 0.279 e. The third kappa shape index (κ3) is 4.71. The SMILES string of the molecule is Cc1cccc2sc(N(Cc3ccccc3)C(=O)c3ccc(Cc4ccccc4)cc3)nc12. The molecule has 0 aliphatic heterocycles. The van der Waals surface area contributed by atoms with Crippen LogP contribution >= 0.6 is 11.3 Å². The fraction of sp³-hybridized carbons (Fsp3) is 0.103. The molecule has 5 aromatic rings. The van der Waals surface area contributed by atoms with Crippen molar-refractivity contribution in [2.75, 3.05) is 4.90 Å². The third-order valence-electron chi connectivity index (χ3n) is 5.72. The van der Waals surface area contributed by atoms with Gasteiger partial charge in [-0.05, 0) is 53.8 Å². The molecule has 4 aromatic carbocycles. The van der Waals surface area contributed by atoms with Gasteiger partial charge >= 0.3 is 0 Å². The van der Waals surface area contributed by atoms with Gasteiger partial charge in [0.15, 0.2) is 5.13 Å². The minimum absolute atomic E-state index is 0.0400. The van der Waals surface area contributed by atoms with E-state index in [1.54, 1.807) is 16.2 Å². The van der Waals surface area contributed by atoms with E-state index in [0.717, 1.165) is 32.9 Å². The van der Waals surface area contributed by atoms with E-state index in [-0.39, 0.29) is 5.91 Å². The lowest BCUT2D eigenvalue weighted by Crippen LogP contribution is -2.30. The van der Waals surface area contributed by atoms with Gasteiger partial charge in [-0.1, -0.05) is 96.3 Å². The van der Waals surface area contributed by atoms with Crippen LogP contribution in [0, 0.1) is 6.92 Å². The van der Waals surface area contributed by atoms with Crippen molar-refractivity contribution in [3.05, 3.63) is 131 Å². The molecule has 1 aromatic heterocycles. The van der Waals surface area contributed by atoms with Gasteiger partial charge in [-0.25, -0.2) is 4.98 Å². The van der Waals surface area contributed by atoms with E-state index >= 15 is 0 Å². The molecular formula is C29H24N2OS. The molecule has 3 nitrogen and oxygen atoms in total. The predicted octanol–water partition coefficient (Wildman–Crippen LogP) is 7.04. The molecule has 4 heteroatoms. The number of para-hydroxylation sites is 1. The number of fused-ring (bicyclic) bond motifs is 1. The van der Waals surface area contributed by atoms with Crippen LogP contribution in [0.15, 0.2) is 103 Å². The van der Waals surface area contributed by atoms with Gasteiger partial charge in [-0.3, -0.25) is 9.69 Å². The summed E-state index contributed by atoms with van der Waals surface area (Å²) < 4.78 is 1.09. The summed E-state index contributed by atoms with van der Waals surface area (Å²) in [6.45, 7) is 2.53. The number of rotatable bonds is 6. The first kappa shape index (κ1) is 21.1. The number of anilines is 1. The zero-order valence-corrected chi connectivity index (χ0v) is 19.3. The highest BCUT2D eigenvalue weighted by atomic mass is 32.1. The molecule has 0 N–H and O–H groups in total. The van der Waals surface area contributed by atoms with Crippen LogP contribution in [0.25, 0.3) is 10.2 Å². The van der Waals surface area contributed by atoms with E-state index in [2.05, 4.69) is 43.3 Å². The van der Waals surface area contributed by atoms with Gasteiger partial charge in [-0.2, -0.15) is 0 Å². The Labute approximate surface area is 198 Å². The number of hydrogen-bond acceptors (Lipinski definition) is 3. The second kappa shape index (κ2) is 9.39. The summed E-state index contributed by atoms with van der Waals surface area (Å²) in [4.78, 5) is 20.3. The molecule has 0 aliphatic rings. The highest BCUT2D eigenvalue weighted by molar-refractivity contribution is 7.22. The fourth-order valence-electron chi connectivity index (χ4n) is 3.93. The van der Waals surface area contributed by atoms with Crippen molar-refractivity contribution in [1.29, 1.82) is 0 Å². The van der Waals surface area contributed by atoms with E-state index in [1.807, 2.05) is 66.7 Å². The van der Waals surface area contributed by atoms with Crippen LogP contribution in [-0.4, -0.2) is 10.9 Å². The molecule has 0 spiro atoms. The van der Waals surface area contributed by atoms with Crippen LogP contribution in [-0.2, 0) is 13.0 Å². The Bertz CT molecular complexity index is 1380. The number of carbonyl (C=O) groups is 1. The Morgan fingerprint density at radius 2 is 1.39 bits per heavy atom. The van der Waals surface area contributed by atoms with E-state index in [0.29, 0.717) is 12.1 Å². The number of nitrogens with zero attached hydrogens (tertiary/aromatic N) is 2. The van der Waals surface area contributed by atoms with Gasteiger partial charge in [0, 0.05) is 5.56 Å². The number of carbonyl (C=O) groups excluding carboxylic acids is 1. The quantitative estimate of drug-likeness (QED) is 0.279. The summed E-state index contributed by atoms with van der Waals surface area (Å²) in [5.41, 5.74) is 6.25. The normalized spacial score (nSPS) is 10.9. The summed E-state index contributed by atoms with van der Waals surface area (Å²) >= 11 is 1.56. The molecule has 0 saturated carbocycles. The summed E-state index contributed by atoms with van der Waals surface area (Å²) in [7, 11) is 0. The Morgan fingerprint density at radius 3 is 2.06 bits per heavy atom. The topological polar surface area (TPSA) is 33.2 Å². The van der Waals surface area contributed by atoms with Crippen LogP contribution in [0.4, 0.5) is 5.13 Å². The molecule has 0 atom stereocenters. The Morgan fingerprint density at radius 1 is 0.758 bits per heavy atom. The average Bonchev–Trinajstić information content (AvgIpc) is 3.29. The van der Waals surface area contributed by atoms with Gasteiger partial charge in [0.05, 0.1) is 16.8 Å². The van der Waals surface area contributed by atoms with Crippen LogP contribution in [0.2, 0.25) is 0 Å². The Balaban J connectivity index is 1.46. The maximum Gasteiger partial charge on any atom is 0.260 e. The van der Waals surface area contributed by atoms with Crippen molar-refractivity contribution in [3.8, 4) is 0 Å². The number of hydrogen-bond donors (Lipinski definition) is 0. The molecule has 0 saturated heterocycles. The summed E-state index contributed by atoms with van der Waals surface area (Å²) in [6, 6.07) is 34.5. The minimum Gasteiger partial charge on any atom is -0.279 e. The van der Waals surface area contributed by atoms with Crippen molar-refractivity contribution in [3.63, 3.8) is 0 Å². The Hall–Kier alpha value is -3.76. The van der Waals surface area contributed by atoms with E-state index < -0.39 is 0 Å². The first-order valence-electron chi connectivity index (χ1n) is 11.0. The van der Waals surface area contributed by atoms with Crippen molar-refractivity contribution in [2.24, 2.45) is 0 Å². The first-order chi connectivity index (χ1) is 16.2. The molecule has 0 radical (unpaired) electrons. The van der Waals surface area contributed by atoms with Crippen LogP contribution in [0.3, 0.4) is 0 Å². The lowest BCUT2D eigenvalue weighted by Gasteiger charge is -2.20. The van der Waals surface area contributed by atoms with Crippen molar-refractivity contribution in [2.45, 2.75) is 19.9 Å². The van der Waals surface area contributed by atoms with Crippen LogP contribution in [0.5, 0.6) is 0 Å². The second-order valence-corrected chi connectivity index (χ2v) is 9.16. The summed E-state index contributed by atoms with van der Waals surface area (Å²) in [6.07, 6.45) is 0.847. The highest BCUT2D eigenvalue weighted by Crippen LogP contribution is 2.32. The standard InChI is InChI=1S/C29H24N2OS/c1-21-9-8-14-26-27(21)30-29(33-26)31(20-24-12-6-3-7-13-24)28(32)25-17-15-23(16-18-25)19-22-10-4-2-5-11-22/h2-18H,19-20H2,1H3. The number of aryl methyl sites for hydroxylation is 1. The molecule has 33 heavy (non-hydrogen) atoms. The predicted molar refractivity (Wildman–Crippen MR) is 137 cm³/mol. The van der Waals surface area contributed by atoms with Crippen LogP contribution < -0.4 is 4.90 Å². The van der Waals surface area contributed by atoms with Gasteiger partial charge < -0.3 is 0 Å². The highest BCUT2D eigenvalue weighted by Gasteiger charge is 2.22. The lowest BCUT2D eigenvalue weighted by molar-refractivity contribution is 0.0985. The molecular weight excluding hydrogens is 424 g/mol. The van der Waals surface area contributed by atoms with Crippen molar-refractivity contribution >= 4 is 32.6 Å². The number of thiazole rings is 1. The first-order valence-corrected chi connectivity index (χ1v) is 11.8. The number of aromatic nitrogens is 1. The molecule has 0 aliphatic carbocycles.